The van der Waals surface area contributed by atoms with E-state index in [4.69, 9.17) is 11.6 Å². The fraction of sp³-hybridized carbons (Fsp3) is 0.533. The number of hydrogen-bond donors (Lipinski definition) is 0. The number of halogens is 1. The van der Waals surface area contributed by atoms with Gasteiger partial charge in [-0.1, -0.05) is 36.9 Å². The van der Waals surface area contributed by atoms with Gasteiger partial charge in [0.05, 0.1) is 16.3 Å². The summed E-state index contributed by atoms with van der Waals surface area (Å²) in [4.78, 5) is 2.35. The average molecular weight is 263 g/mol. The molecule has 2 rings (SSSR count). The molecule has 0 spiro atoms. The van der Waals surface area contributed by atoms with Crippen LogP contribution in [0.15, 0.2) is 18.2 Å². The quantitative estimate of drug-likeness (QED) is 0.809. The van der Waals surface area contributed by atoms with Crippen LogP contribution in [0.5, 0.6) is 0 Å². The first kappa shape index (κ1) is 13.2. The summed E-state index contributed by atoms with van der Waals surface area (Å²) in [7, 11) is 0. The Kier molecular flexibility index (Phi) is 4.49. The van der Waals surface area contributed by atoms with Gasteiger partial charge in [0, 0.05) is 12.6 Å². The van der Waals surface area contributed by atoms with Crippen molar-refractivity contribution in [3.8, 4) is 6.07 Å². The van der Waals surface area contributed by atoms with Crippen LogP contribution in [-0.4, -0.2) is 12.6 Å². The smallest absolute Gasteiger partial charge is 0.103 e. The first-order valence-corrected chi connectivity index (χ1v) is 7.11. The highest BCUT2D eigenvalue weighted by molar-refractivity contribution is 6.32. The molecule has 18 heavy (non-hydrogen) atoms. The molecule has 0 aromatic heterocycles. The summed E-state index contributed by atoms with van der Waals surface area (Å²) in [5, 5.41) is 9.84. The highest BCUT2D eigenvalue weighted by Crippen LogP contribution is 2.32. The molecule has 0 heterocycles. The fourth-order valence-corrected chi connectivity index (χ4v) is 3.09. The van der Waals surface area contributed by atoms with Gasteiger partial charge in [-0.05, 0) is 31.9 Å². The molecule has 0 atom stereocenters. The highest BCUT2D eigenvalue weighted by Gasteiger charge is 2.22. The third-order valence-corrected chi connectivity index (χ3v) is 4.08. The first-order valence-electron chi connectivity index (χ1n) is 6.73. The fourth-order valence-electron chi connectivity index (χ4n) is 2.88. The van der Waals surface area contributed by atoms with E-state index in [0.717, 1.165) is 12.2 Å². The molecular formula is C15H19ClN2. The molecule has 0 aliphatic heterocycles. The van der Waals surface area contributed by atoms with Crippen LogP contribution in [0, 0.1) is 11.3 Å². The summed E-state index contributed by atoms with van der Waals surface area (Å²) >= 11 is 6.12. The Labute approximate surface area is 114 Å². The van der Waals surface area contributed by atoms with Gasteiger partial charge in [0.25, 0.3) is 0 Å². The maximum atomic E-state index is 9.28. The molecule has 0 radical (unpaired) electrons. The standard InChI is InChI=1S/C15H19ClN2/c1-2-18(12-7-4-3-5-8-12)15-10-6-9-14(16)13(15)11-17/h6,9-10,12H,2-5,7-8H2,1H3. The first-order chi connectivity index (χ1) is 8.77. The van der Waals surface area contributed by atoms with Gasteiger partial charge in [0.1, 0.15) is 6.07 Å². The van der Waals surface area contributed by atoms with Crippen molar-refractivity contribution in [1.29, 1.82) is 5.26 Å². The second-order valence-electron chi connectivity index (χ2n) is 4.82. The van der Waals surface area contributed by atoms with E-state index in [1.54, 1.807) is 6.07 Å². The van der Waals surface area contributed by atoms with E-state index in [-0.39, 0.29) is 0 Å². The molecule has 0 unspecified atom stereocenters. The molecule has 1 aromatic rings. The largest absolute Gasteiger partial charge is 0.368 e. The Balaban J connectivity index is 2.32. The van der Waals surface area contributed by atoms with Gasteiger partial charge in [0.15, 0.2) is 0 Å². The van der Waals surface area contributed by atoms with Crippen molar-refractivity contribution < 1.29 is 0 Å². The maximum absolute atomic E-state index is 9.28. The molecule has 1 fully saturated rings. The van der Waals surface area contributed by atoms with Gasteiger partial charge in [-0.25, -0.2) is 0 Å². The Morgan fingerprint density at radius 2 is 2.06 bits per heavy atom. The van der Waals surface area contributed by atoms with Gasteiger partial charge in [-0.2, -0.15) is 5.26 Å². The van der Waals surface area contributed by atoms with Crippen LogP contribution in [0.1, 0.15) is 44.6 Å². The number of nitriles is 1. The molecule has 2 nitrogen and oxygen atoms in total. The minimum absolute atomic E-state index is 0.559. The van der Waals surface area contributed by atoms with Crippen molar-refractivity contribution in [2.45, 2.75) is 45.1 Å². The second kappa shape index (κ2) is 6.11. The lowest BCUT2D eigenvalue weighted by atomic mass is 9.93. The minimum Gasteiger partial charge on any atom is -0.368 e. The van der Waals surface area contributed by atoms with E-state index in [1.165, 1.54) is 32.1 Å². The van der Waals surface area contributed by atoms with Crippen LogP contribution in [0.25, 0.3) is 0 Å². The second-order valence-corrected chi connectivity index (χ2v) is 5.23. The summed E-state index contributed by atoms with van der Waals surface area (Å²) in [6, 6.07) is 8.55. The van der Waals surface area contributed by atoms with Crippen molar-refractivity contribution in [2.75, 3.05) is 11.4 Å². The van der Waals surface area contributed by atoms with Gasteiger partial charge in [-0.15, -0.1) is 0 Å². The molecule has 0 N–H and O–H groups in total. The zero-order valence-electron chi connectivity index (χ0n) is 10.8. The summed E-state index contributed by atoms with van der Waals surface area (Å²) in [6.07, 6.45) is 6.39. The Hall–Kier alpha value is -1.20. The Bertz CT molecular complexity index is 444. The number of benzene rings is 1. The lowest BCUT2D eigenvalue weighted by molar-refractivity contribution is 0.418. The van der Waals surface area contributed by atoms with Crippen molar-refractivity contribution >= 4 is 17.3 Å². The van der Waals surface area contributed by atoms with Crippen LogP contribution in [0.4, 0.5) is 5.69 Å². The van der Waals surface area contributed by atoms with Crippen LogP contribution in [-0.2, 0) is 0 Å². The van der Waals surface area contributed by atoms with Crippen molar-refractivity contribution in [3.05, 3.63) is 28.8 Å². The molecule has 0 bridgehead atoms. The zero-order chi connectivity index (χ0) is 13.0. The summed E-state index contributed by atoms with van der Waals surface area (Å²) < 4.78 is 0. The van der Waals surface area contributed by atoms with Crippen molar-refractivity contribution in [1.82, 2.24) is 0 Å². The summed E-state index contributed by atoms with van der Waals surface area (Å²) in [6.45, 7) is 3.08. The van der Waals surface area contributed by atoms with E-state index in [9.17, 15) is 5.26 Å². The van der Waals surface area contributed by atoms with Gasteiger partial charge < -0.3 is 4.90 Å². The van der Waals surface area contributed by atoms with E-state index < -0.39 is 0 Å². The van der Waals surface area contributed by atoms with Crippen LogP contribution in [0.2, 0.25) is 5.02 Å². The average Bonchev–Trinajstić information content (AvgIpc) is 2.41. The lowest BCUT2D eigenvalue weighted by Gasteiger charge is -2.36. The highest BCUT2D eigenvalue weighted by atomic mass is 35.5. The molecule has 0 amide bonds. The van der Waals surface area contributed by atoms with Crippen molar-refractivity contribution in [3.63, 3.8) is 0 Å². The molecule has 3 heteroatoms. The van der Waals surface area contributed by atoms with Gasteiger partial charge in [0.2, 0.25) is 0 Å². The Morgan fingerprint density at radius 1 is 1.33 bits per heavy atom. The molecular weight excluding hydrogens is 244 g/mol. The number of rotatable bonds is 3. The predicted molar refractivity (Wildman–Crippen MR) is 76.1 cm³/mol. The monoisotopic (exact) mass is 262 g/mol. The maximum Gasteiger partial charge on any atom is 0.103 e. The minimum atomic E-state index is 0.559. The molecule has 1 aliphatic rings. The van der Waals surface area contributed by atoms with Gasteiger partial charge >= 0.3 is 0 Å². The topological polar surface area (TPSA) is 27.0 Å². The van der Waals surface area contributed by atoms with Crippen LogP contribution < -0.4 is 4.90 Å². The summed E-state index contributed by atoms with van der Waals surface area (Å²) in [5.74, 6) is 0. The van der Waals surface area contributed by atoms with Crippen LogP contribution >= 0.6 is 11.6 Å². The number of nitrogens with zero attached hydrogens (tertiary/aromatic N) is 2. The SMILES string of the molecule is CCN(c1cccc(Cl)c1C#N)C1CCCCC1. The van der Waals surface area contributed by atoms with E-state index in [1.807, 2.05) is 12.1 Å². The lowest BCUT2D eigenvalue weighted by Crippen LogP contribution is -2.37. The molecule has 0 saturated heterocycles. The third-order valence-electron chi connectivity index (χ3n) is 3.77. The molecule has 96 valence electrons. The molecule has 1 aromatic carbocycles. The van der Waals surface area contributed by atoms with Crippen LogP contribution in [0.3, 0.4) is 0 Å². The van der Waals surface area contributed by atoms with E-state index in [0.29, 0.717) is 16.6 Å². The third kappa shape index (κ3) is 2.62. The van der Waals surface area contributed by atoms with Gasteiger partial charge in [-0.3, -0.25) is 0 Å². The molecule has 1 saturated carbocycles. The van der Waals surface area contributed by atoms with E-state index >= 15 is 0 Å². The molecule has 1 aliphatic carbocycles. The normalized spacial score (nSPS) is 16.3. The van der Waals surface area contributed by atoms with E-state index in [2.05, 4.69) is 17.9 Å². The van der Waals surface area contributed by atoms with Crippen molar-refractivity contribution in [2.24, 2.45) is 0 Å². The Morgan fingerprint density at radius 3 is 2.67 bits per heavy atom. The predicted octanol–water partition coefficient (Wildman–Crippen LogP) is 4.37. The number of anilines is 1. The summed E-state index contributed by atoms with van der Waals surface area (Å²) in [5.41, 5.74) is 1.62. The zero-order valence-corrected chi connectivity index (χ0v) is 11.6. The number of hydrogen-bond acceptors (Lipinski definition) is 2.